The van der Waals surface area contributed by atoms with E-state index in [9.17, 15) is 9.50 Å². The Kier molecular flexibility index (Phi) is 5.76. The van der Waals surface area contributed by atoms with Crippen LogP contribution >= 0.6 is 0 Å². The van der Waals surface area contributed by atoms with Crippen LogP contribution in [0.15, 0.2) is 24.3 Å². The second kappa shape index (κ2) is 7.43. The number of hydrogen-bond donors (Lipinski definition) is 1. The summed E-state index contributed by atoms with van der Waals surface area (Å²) in [6, 6.07) is 6.55. The van der Waals surface area contributed by atoms with E-state index in [4.69, 9.17) is 4.98 Å². The average Bonchev–Trinajstić information content (AvgIpc) is 2.53. The van der Waals surface area contributed by atoms with Crippen LogP contribution in [-0.4, -0.2) is 10.1 Å². The van der Waals surface area contributed by atoms with E-state index in [0.717, 1.165) is 40.1 Å². The highest BCUT2D eigenvalue weighted by Gasteiger charge is 2.25. The topological polar surface area (TPSA) is 33.1 Å². The van der Waals surface area contributed by atoms with Gasteiger partial charge in [0.2, 0.25) is 0 Å². The maximum absolute atomic E-state index is 13.4. The van der Waals surface area contributed by atoms with Gasteiger partial charge >= 0.3 is 0 Å². The summed E-state index contributed by atoms with van der Waals surface area (Å²) >= 11 is 0. The van der Waals surface area contributed by atoms with Crippen LogP contribution in [0.4, 0.5) is 4.39 Å². The van der Waals surface area contributed by atoms with Gasteiger partial charge in [-0.05, 0) is 54.0 Å². The van der Waals surface area contributed by atoms with Crippen molar-refractivity contribution in [2.75, 3.05) is 0 Å². The molecule has 0 radical (unpaired) electrons. The Morgan fingerprint density at radius 2 is 1.50 bits per heavy atom. The van der Waals surface area contributed by atoms with E-state index in [2.05, 4.69) is 34.6 Å². The minimum absolute atomic E-state index is 0.206. The number of halogens is 1. The number of pyridine rings is 1. The van der Waals surface area contributed by atoms with Crippen molar-refractivity contribution in [3.63, 3.8) is 0 Å². The Labute approximate surface area is 144 Å². The van der Waals surface area contributed by atoms with Gasteiger partial charge in [0.25, 0.3) is 0 Å². The molecule has 0 saturated carbocycles. The van der Waals surface area contributed by atoms with Crippen molar-refractivity contribution in [2.24, 2.45) is 0 Å². The van der Waals surface area contributed by atoms with Gasteiger partial charge < -0.3 is 5.11 Å². The van der Waals surface area contributed by atoms with Crippen LogP contribution < -0.4 is 0 Å². The number of benzene rings is 1. The summed E-state index contributed by atoms with van der Waals surface area (Å²) in [7, 11) is 0. The highest BCUT2D eigenvalue weighted by Crippen LogP contribution is 2.39. The normalized spacial score (nSPS) is 12.9. The Bertz CT molecular complexity index is 703. The maximum Gasteiger partial charge on any atom is 0.123 e. The number of hydrogen-bond acceptors (Lipinski definition) is 2. The van der Waals surface area contributed by atoms with Crippen LogP contribution in [0.5, 0.6) is 0 Å². The first-order valence-electron chi connectivity index (χ1n) is 8.78. The van der Waals surface area contributed by atoms with Crippen LogP contribution in [0, 0.1) is 5.82 Å². The number of aromatic nitrogens is 1. The van der Waals surface area contributed by atoms with Gasteiger partial charge in [0, 0.05) is 17.0 Å². The average molecular weight is 329 g/mol. The van der Waals surface area contributed by atoms with Crippen molar-refractivity contribution in [1.82, 2.24) is 4.98 Å². The van der Waals surface area contributed by atoms with Crippen LogP contribution in [0.3, 0.4) is 0 Å². The Hall–Kier alpha value is -1.74. The molecule has 0 aliphatic carbocycles. The summed E-state index contributed by atoms with van der Waals surface area (Å²) in [5.41, 5.74) is 6.00. The molecule has 0 amide bonds. The zero-order valence-corrected chi connectivity index (χ0v) is 15.5. The molecule has 24 heavy (non-hydrogen) atoms. The molecule has 1 heterocycles. The predicted molar refractivity (Wildman–Crippen MR) is 97.8 cm³/mol. The standard InChI is InChI=1S/C21H28FNO/c1-7-17-19(15-8-10-16(22)11-9-15)18(14(6)24)21(13(4)5)23-20(17)12(2)3/h8-14,24H,7H2,1-6H3. The van der Waals surface area contributed by atoms with Crippen molar-refractivity contribution in [3.05, 3.63) is 52.6 Å². The molecule has 130 valence electrons. The van der Waals surface area contributed by atoms with Gasteiger partial charge in [0.1, 0.15) is 5.82 Å². The Balaban J connectivity index is 2.92. The van der Waals surface area contributed by atoms with E-state index in [0.29, 0.717) is 5.92 Å². The summed E-state index contributed by atoms with van der Waals surface area (Å²) in [4.78, 5) is 4.93. The maximum atomic E-state index is 13.4. The van der Waals surface area contributed by atoms with Crippen LogP contribution in [-0.2, 0) is 6.42 Å². The fourth-order valence-corrected chi connectivity index (χ4v) is 3.32. The lowest BCUT2D eigenvalue weighted by molar-refractivity contribution is 0.197. The van der Waals surface area contributed by atoms with E-state index in [-0.39, 0.29) is 11.7 Å². The van der Waals surface area contributed by atoms with E-state index in [1.54, 1.807) is 19.1 Å². The lowest BCUT2D eigenvalue weighted by atomic mass is 9.84. The van der Waals surface area contributed by atoms with Gasteiger partial charge in [-0.2, -0.15) is 0 Å². The van der Waals surface area contributed by atoms with E-state index in [1.165, 1.54) is 12.1 Å². The third kappa shape index (κ3) is 3.51. The molecule has 1 aromatic heterocycles. The molecule has 2 aromatic rings. The van der Waals surface area contributed by atoms with Gasteiger partial charge in [-0.25, -0.2) is 4.39 Å². The first-order chi connectivity index (χ1) is 11.3. The molecule has 0 saturated heterocycles. The fourth-order valence-electron chi connectivity index (χ4n) is 3.32. The van der Waals surface area contributed by atoms with Crippen molar-refractivity contribution in [1.29, 1.82) is 0 Å². The summed E-state index contributed by atoms with van der Waals surface area (Å²) in [5.74, 6) is 0.245. The largest absolute Gasteiger partial charge is 0.389 e. The van der Waals surface area contributed by atoms with Crippen molar-refractivity contribution in [2.45, 2.75) is 65.9 Å². The molecular weight excluding hydrogens is 301 g/mol. The predicted octanol–water partition coefficient (Wildman–Crippen LogP) is 5.75. The molecule has 2 nitrogen and oxygen atoms in total. The third-order valence-corrected chi connectivity index (χ3v) is 4.40. The lowest BCUT2D eigenvalue weighted by Gasteiger charge is -2.25. The first-order valence-corrected chi connectivity index (χ1v) is 8.78. The molecule has 1 N–H and O–H groups in total. The molecular formula is C21H28FNO. The van der Waals surface area contributed by atoms with Gasteiger partial charge in [-0.1, -0.05) is 46.8 Å². The van der Waals surface area contributed by atoms with Gasteiger partial charge in [-0.15, -0.1) is 0 Å². The minimum atomic E-state index is -0.624. The number of aliphatic hydroxyl groups is 1. The van der Waals surface area contributed by atoms with E-state index >= 15 is 0 Å². The van der Waals surface area contributed by atoms with Crippen LogP contribution in [0.1, 0.15) is 82.0 Å². The second-order valence-corrected chi connectivity index (χ2v) is 7.00. The molecule has 1 unspecified atom stereocenters. The fraction of sp³-hybridized carbons (Fsp3) is 0.476. The number of aliphatic hydroxyl groups excluding tert-OH is 1. The summed E-state index contributed by atoms with van der Waals surface area (Å²) in [5, 5.41) is 10.5. The minimum Gasteiger partial charge on any atom is -0.389 e. The molecule has 0 aliphatic heterocycles. The zero-order valence-electron chi connectivity index (χ0n) is 15.5. The molecule has 0 fully saturated rings. The van der Waals surface area contributed by atoms with E-state index in [1.807, 2.05) is 0 Å². The summed E-state index contributed by atoms with van der Waals surface area (Å²) in [6.45, 7) is 12.4. The SMILES string of the molecule is CCc1c(C(C)C)nc(C(C)C)c(C(C)O)c1-c1ccc(F)cc1. The quantitative estimate of drug-likeness (QED) is 0.757. The lowest BCUT2D eigenvalue weighted by Crippen LogP contribution is -2.13. The smallest absolute Gasteiger partial charge is 0.123 e. The van der Waals surface area contributed by atoms with E-state index < -0.39 is 6.10 Å². The number of nitrogens with zero attached hydrogens (tertiary/aromatic N) is 1. The second-order valence-electron chi connectivity index (χ2n) is 7.00. The Morgan fingerprint density at radius 1 is 0.958 bits per heavy atom. The summed E-state index contributed by atoms with van der Waals surface area (Å²) < 4.78 is 13.4. The third-order valence-electron chi connectivity index (χ3n) is 4.40. The molecule has 3 heteroatoms. The van der Waals surface area contributed by atoms with Crippen LogP contribution in [0.25, 0.3) is 11.1 Å². The summed E-state index contributed by atoms with van der Waals surface area (Å²) in [6.07, 6.45) is 0.201. The van der Waals surface area contributed by atoms with Gasteiger partial charge in [0.05, 0.1) is 6.10 Å². The van der Waals surface area contributed by atoms with Crippen molar-refractivity contribution >= 4 is 0 Å². The molecule has 1 aromatic carbocycles. The molecule has 2 rings (SSSR count). The molecule has 1 atom stereocenters. The highest BCUT2D eigenvalue weighted by molar-refractivity contribution is 5.73. The molecule has 0 aliphatic rings. The van der Waals surface area contributed by atoms with Crippen molar-refractivity contribution in [3.8, 4) is 11.1 Å². The first kappa shape index (κ1) is 18.6. The van der Waals surface area contributed by atoms with Gasteiger partial charge in [-0.3, -0.25) is 4.98 Å². The van der Waals surface area contributed by atoms with Crippen LogP contribution in [0.2, 0.25) is 0 Å². The highest BCUT2D eigenvalue weighted by atomic mass is 19.1. The molecule has 0 spiro atoms. The van der Waals surface area contributed by atoms with Crippen molar-refractivity contribution < 1.29 is 9.50 Å². The van der Waals surface area contributed by atoms with Gasteiger partial charge in [0.15, 0.2) is 0 Å². The zero-order chi connectivity index (χ0) is 18.0. The Morgan fingerprint density at radius 3 is 1.92 bits per heavy atom. The number of rotatable bonds is 5. The molecule has 0 bridgehead atoms. The monoisotopic (exact) mass is 329 g/mol.